The highest BCUT2D eigenvalue weighted by atomic mass is 32.1. The summed E-state index contributed by atoms with van der Waals surface area (Å²) in [5, 5.41) is 5.17. The van der Waals surface area contributed by atoms with Crippen molar-refractivity contribution in [2.45, 2.75) is 31.7 Å². The highest BCUT2D eigenvalue weighted by molar-refractivity contribution is 7.12. The van der Waals surface area contributed by atoms with Gasteiger partial charge in [0.1, 0.15) is 0 Å². The third-order valence-corrected chi connectivity index (χ3v) is 4.52. The zero-order chi connectivity index (χ0) is 13.7. The predicted octanol–water partition coefficient (Wildman–Crippen LogP) is 1.92. The molecule has 1 aliphatic heterocycles. The summed E-state index contributed by atoms with van der Waals surface area (Å²) >= 11 is 1.44. The maximum Gasteiger partial charge on any atom is 0.223 e. The van der Waals surface area contributed by atoms with Gasteiger partial charge in [-0.1, -0.05) is 6.07 Å². The number of piperidine rings is 1. The van der Waals surface area contributed by atoms with Gasteiger partial charge < -0.3 is 10.2 Å². The number of rotatable bonds is 5. The Labute approximate surface area is 117 Å². The summed E-state index contributed by atoms with van der Waals surface area (Å²) in [4.78, 5) is 26.5. The van der Waals surface area contributed by atoms with E-state index in [0.29, 0.717) is 18.9 Å². The van der Waals surface area contributed by atoms with Crippen LogP contribution in [0.4, 0.5) is 0 Å². The van der Waals surface area contributed by atoms with Crippen molar-refractivity contribution in [2.75, 3.05) is 20.1 Å². The van der Waals surface area contributed by atoms with Crippen molar-refractivity contribution in [2.24, 2.45) is 0 Å². The molecule has 5 heteroatoms. The maximum atomic E-state index is 12.1. The van der Waals surface area contributed by atoms with Crippen molar-refractivity contribution in [3.8, 4) is 0 Å². The molecule has 0 atom stereocenters. The Kier molecular flexibility index (Phi) is 5.10. The molecule has 0 unspecified atom stereocenters. The van der Waals surface area contributed by atoms with Crippen LogP contribution in [-0.4, -0.2) is 42.8 Å². The molecule has 0 aromatic carbocycles. The van der Waals surface area contributed by atoms with Gasteiger partial charge in [0.2, 0.25) is 5.91 Å². The van der Waals surface area contributed by atoms with Crippen molar-refractivity contribution in [3.63, 3.8) is 0 Å². The van der Waals surface area contributed by atoms with E-state index in [2.05, 4.69) is 5.32 Å². The van der Waals surface area contributed by atoms with Gasteiger partial charge in [-0.3, -0.25) is 9.59 Å². The molecule has 0 saturated carbocycles. The molecule has 0 bridgehead atoms. The Morgan fingerprint density at radius 2 is 2.11 bits per heavy atom. The van der Waals surface area contributed by atoms with Gasteiger partial charge >= 0.3 is 0 Å². The van der Waals surface area contributed by atoms with E-state index in [0.717, 1.165) is 30.8 Å². The highest BCUT2D eigenvalue weighted by Crippen LogP contribution is 2.15. The van der Waals surface area contributed by atoms with E-state index in [1.807, 2.05) is 29.5 Å². The zero-order valence-electron chi connectivity index (χ0n) is 11.2. The van der Waals surface area contributed by atoms with E-state index < -0.39 is 0 Å². The molecule has 0 aliphatic carbocycles. The zero-order valence-corrected chi connectivity index (χ0v) is 12.0. The standard InChI is InChI=1S/C14H20N2O2S/c1-16(11-6-8-15-9-7-11)14(18)5-4-12(17)13-3-2-10-19-13/h2-3,10-11,15H,4-9H2,1H3. The molecule has 2 rings (SSSR count). The fourth-order valence-electron chi connectivity index (χ4n) is 2.35. The number of Topliss-reactive ketones (excluding diaryl/α,β-unsaturated/α-hetero) is 1. The summed E-state index contributed by atoms with van der Waals surface area (Å²) in [6, 6.07) is 4.00. The molecule has 1 aromatic rings. The molecule has 1 aliphatic rings. The van der Waals surface area contributed by atoms with Gasteiger partial charge in [0.05, 0.1) is 4.88 Å². The first-order chi connectivity index (χ1) is 9.18. The third-order valence-electron chi connectivity index (χ3n) is 3.61. The number of hydrogen-bond donors (Lipinski definition) is 1. The molecule has 4 nitrogen and oxygen atoms in total. The van der Waals surface area contributed by atoms with Crippen LogP contribution in [0.3, 0.4) is 0 Å². The highest BCUT2D eigenvalue weighted by Gasteiger charge is 2.22. The second-order valence-electron chi connectivity index (χ2n) is 4.89. The van der Waals surface area contributed by atoms with Crippen molar-refractivity contribution >= 4 is 23.0 Å². The lowest BCUT2D eigenvalue weighted by atomic mass is 10.0. The number of ketones is 1. The number of carbonyl (C=O) groups excluding carboxylic acids is 2. The summed E-state index contributed by atoms with van der Waals surface area (Å²) in [7, 11) is 1.86. The van der Waals surface area contributed by atoms with Crippen molar-refractivity contribution in [1.82, 2.24) is 10.2 Å². The number of nitrogens with zero attached hydrogens (tertiary/aromatic N) is 1. The van der Waals surface area contributed by atoms with Crippen LogP contribution in [0, 0.1) is 0 Å². The fourth-order valence-corrected chi connectivity index (χ4v) is 3.05. The monoisotopic (exact) mass is 280 g/mol. The van der Waals surface area contributed by atoms with E-state index in [9.17, 15) is 9.59 Å². The van der Waals surface area contributed by atoms with Gasteiger partial charge in [0.25, 0.3) is 0 Å². The predicted molar refractivity (Wildman–Crippen MR) is 76.5 cm³/mol. The smallest absolute Gasteiger partial charge is 0.223 e. The van der Waals surface area contributed by atoms with Crippen molar-refractivity contribution in [3.05, 3.63) is 22.4 Å². The van der Waals surface area contributed by atoms with E-state index in [1.165, 1.54) is 11.3 Å². The van der Waals surface area contributed by atoms with Crippen LogP contribution in [0.5, 0.6) is 0 Å². The first kappa shape index (κ1) is 14.2. The maximum absolute atomic E-state index is 12.1. The fraction of sp³-hybridized carbons (Fsp3) is 0.571. The summed E-state index contributed by atoms with van der Waals surface area (Å²) in [6.45, 7) is 1.94. The second kappa shape index (κ2) is 6.82. The Morgan fingerprint density at radius 1 is 1.37 bits per heavy atom. The summed E-state index contributed by atoms with van der Waals surface area (Å²) in [5.41, 5.74) is 0. The normalized spacial score (nSPS) is 16.3. The molecular formula is C14H20N2O2S. The minimum Gasteiger partial charge on any atom is -0.343 e. The largest absolute Gasteiger partial charge is 0.343 e. The molecule has 1 fully saturated rings. The van der Waals surface area contributed by atoms with Gasteiger partial charge in [-0.05, 0) is 37.4 Å². The lowest BCUT2D eigenvalue weighted by Gasteiger charge is -2.31. The second-order valence-corrected chi connectivity index (χ2v) is 5.83. The van der Waals surface area contributed by atoms with Crippen LogP contribution in [0.15, 0.2) is 17.5 Å². The molecule has 1 amide bonds. The van der Waals surface area contributed by atoms with E-state index in [1.54, 1.807) is 0 Å². The van der Waals surface area contributed by atoms with Crippen LogP contribution in [0.1, 0.15) is 35.4 Å². The number of hydrogen-bond acceptors (Lipinski definition) is 4. The Bertz CT molecular complexity index is 425. The average Bonchev–Trinajstić information content (AvgIpc) is 2.98. The molecule has 0 radical (unpaired) electrons. The lowest BCUT2D eigenvalue weighted by molar-refractivity contribution is -0.132. The molecule has 2 heterocycles. The Morgan fingerprint density at radius 3 is 2.74 bits per heavy atom. The molecular weight excluding hydrogens is 260 g/mol. The summed E-state index contributed by atoms with van der Waals surface area (Å²) in [5.74, 6) is 0.152. The van der Waals surface area contributed by atoms with E-state index >= 15 is 0 Å². The quantitative estimate of drug-likeness (QED) is 0.838. The van der Waals surface area contributed by atoms with Gasteiger partial charge in [-0.15, -0.1) is 11.3 Å². The Hall–Kier alpha value is -1.20. The van der Waals surface area contributed by atoms with Gasteiger partial charge in [0.15, 0.2) is 5.78 Å². The topological polar surface area (TPSA) is 49.4 Å². The number of thiophene rings is 1. The van der Waals surface area contributed by atoms with Crippen LogP contribution in [0.2, 0.25) is 0 Å². The van der Waals surface area contributed by atoms with Gasteiger partial charge in [0, 0.05) is 25.9 Å². The van der Waals surface area contributed by atoms with E-state index in [4.69, 9.17) is 0 Å². The third kappa shape index (κ3) is 3.88. The molecule has 1 saturated heterocycles. The van der Waals surface area contributed by atoms with Gasteiger partial charge in [-0.2, -0.15) is 0 Å². The molecule has 104 valence electrons. The molecule has 0 spiro atoms. The summed E-state index contributed by atoms with van der Waals surface area (Å²) < 4.78 is 0. The minimum absolute atomic E-state index is 0.0714. The van der Waals surface area contributed by atoms with Crippen molar-refractivity contribution in [1.29, 1.82) is 0 Å². The lowest BCUT2D eigenvalue weighted by Crippen LogP contribution is -2.44. The number of nitrogens with one attached hydrogen (secondary N) is 1. The van der Waals surface area contributed by atoms with Crippen LogP contribution >= 0.6 is 11.3 Å². The SMILES string of the molecule is CN(C(=O)CCC(=O)c1cccs1)C1CCNCC1. The van der Waals surface area contributed by atoms with Crippen LogP contribution < -0.4 is 5.32 Å². The molecule has 1 aromatic heterocycles. The first-order valence-electron chi connectivity index (χ1n) is 6.71. The van der Waals surface area contributed by atoms with Crippen molar-refractivity contribution < 1.29 is 9.59 Å². The average molecular weight is 280 g/mol. The van der Waals surface area contributed by atoms with E-state index in [-0.39, 0.29) is 11.7 Å². The number of amides is 1. The first-order valence-corrected chi connectivity index (χ1v) is 7.59. The molecule has 19 heavy (non-hydrogen) atoms. The number of carbonyl (C=O) groups is 2. The molecule has 1 N–H and O–H groups in total. The van der Waals surface area contributed by atoms with Crippen LogP contribution in [0.25, 0.3) is 0 Å². The Balaban J connectivity index is 1.78. The minimum atomic E-state index is 0.0714. The van der Waals surface area contributed by atoms with Gasteiger partial charge in [-0.25, -0.2) is 0 Å². The summed E-state index contributed by atoms with van der Waals surface area (Å²) in [6.07, 6.45) is 2.63. The van der Waals surface area contributed by atoms with Crippen LogP contribution in [-0.2, 0) is 4.79 Å².